The molecule has 0 saturated carbocycles. The molecule has 0 aliphatic carbocycles. The molecule has 0 spiro atoms. The minimum atomic E-state index is -0.196. The number of fused-ring (bicyclic) bond motifs is 4. The van der Waals surface area contributed by atoms with Gasteiger partial charge in [0, 0.05) is 24.7 Å². The summed E-state index contributed by atoms with van der Waals surface area (Å²) >= 11 is 0. The summed E-state index contributed by atoms with van der Waals surface area (Å²) in [4.78, 5) is 11.4. The number of rotatable bonds is 1. The maximum atomic E-state index is 6.19. The number of guanidine groups is 1. The highest BCUT2D eigenvalue weighted by atomic mass is 16.5. The summed E-state index contributed by atoms with van der Waals surface area (Å²) in [5, 5.41) is 3.58. The van der Waals surface area contributed by atoms with Gasteiger partial charge >= 0.3 is 0 Å². The number of ether oxygens (including phenoxy) is 2. The SMILES string of the molecule is COc1ccc2c(c1)C1N=C(N)N=C(N3CC4CCNC4C3)C1O2. The molecule has 126 valence electrons. The van der Waals surface area contributed by atoms with E-state index in [1.807, 2.05) is 18.2 Å². The van der Waals surface area contributed by atoms with Crippen LogP contribution in [0.3, 0.4) is 0 Å². The van der Waals surface area contributed by atoms with Crippen LogP contribution in [0.25, 0.3) is 0 Å². The molecule has 4 aliphatic rings. The summed E-state index contributed by atoms with van der Waals surface area (Å²) in [6, 6.07) is 6.24. The van der Waals surface area contributed by atoms with Crippen LogP contribution in [0.15, 0.2) is 28.2 Å². The highest BCUT2D eigenvalue weighted by Crippen LogP contribution is 2.43. The van der Waals surface area contributed by atoms with E-state index in [1.165, 1.54) is 6.42 Å². The number of nitrogens with zero attached hydrogens (tertiary/aromatic N) is 3. The average molecular weight is 327 g/mol. The third kappa shape index (κ3) is 2.00. The second kappa shape index (κ2) is 5.11. The van der Waals surface area contributed by atoms with E-state index in [4.69, 9.17) is 15.2 Å². The summed E-state index contributed by atoms with van der Waals surface area (Å²) < 4.78 is 11.5. The molecule has 4 heterocycles. The molecular weight excluding hydrogens is 306 g/mol. The summed E-state index contributed by atoms with van der Waals surface area (Å²) in [6.45, 7) is 3.09. The highest BCUT2D eigenvalue weighted by Gasteiger charge is 2.46. The van der Waals surface area contributed by atoms with Crippen molar-refractivity contribution in [2.75, 3.05) is 26.7 Å². The Morgan fingerprint density at radius 2 is 2.29 bits per heavy atom. The fraction of sp³-hybridized carbons (Fsp3) is 0.529. The van der Waals surface area contributed by atoms with E-state index in [-0.39, 0.29) is 12.1 Å². The monoisotopic (exact) mass is 327 g/mol. The molecule has 1 aromatic rings. The summed E-state index contributed by atoms with van der Waals surface area (Å²) in [7, 11) is 1.66. The molecular formula is C17H21N5O2. The van der Waals surface area contributed by atoms with Crippen molar-refractivity contribution in [2.45, 2.75) is 24.6 Å². The molecule has 7 heteroatoms. The third-order valence-electron chi connectivity index (χ3n) is 5.52. The van der Waals surface area contributed by atoms with E-state index in [1.54, 1.807) is 7.11 Å². The van der Waals surface area contributed by atoms with Gasteiger partial charge in [-0.3, -0.25) is 0 Å². The second-order valence-electron chi connectivity index (χ2n) is 6.86. The number of amidine groups is 1. The van der Waals surface area contributed by atoms with E-state index in [0.717, 1.165) is 42.5 Å². The van der Waals surface area contributed by atoms with Crippen molar-refractivity contribution >= 4 is 11.8 Å². The fourth-order valence-electron chi connectivity index (χ4n) is 4.33. The van der Waals surface area contributed by atoms with Crippen molar-refractivity contribution < 1.29 is 9.47 Å². The minimum Gasteiger partial charge on any atom is -0.497 e. The molecule has 0 bridgehead atoms. The van der Waals surface area contributed by atoms with Gasteiger partial charge < -0.3 is 25.4 Å². The van der Waals surface area contributed by atoms with Crippen LogP contribution >= 0.6 is 0 Å². The maximum absolute atomic E-state index is 6.19. The highest BCUT2D eigenvalue weighted by molar-refractivity contribution is 6.01. The fourth-order valence-corrected chi connectivity index (χ4v) is 4.33. The lowest BCUT2D eigenvalue weighted by Crippen LogP contribution is -2.46. The Morgan fingerprint density at radius 1 is 1.38 bits per heavy atom. The van der Waals surface area contributed by atoms with Crippen molar-refractivity contribution in [3.63, 3.8) is 0 Å². The van der Waals surface area contributed by atoms with Gasteiger partial charge in [-0.25, -0.2) is 4.99 Å². The van der Waals surface area contributed by atoms with E-state index in [2.05, 4.69) is 20.2 Å². The molecule has 4 unspecified atom stereocenters. The normalized spacial score (nSPS) is 33.3. The lowest BCUT2D eigenvalue weighted by Gasteiger charge is -2.29. The molecule has 7 nitrogen and oxygen atoms in total. The van der Waals surface area contributed by atoms with Crippen LogP contribution in [0.2, 0.25) is 0 Å². The minimum absolute atomic E-state index is 0.143. The number of aliphatic imine (C=N–C) groups is 2. The first-order valence-electron chi connectivity index (χ1n) is 8.47. The van der Waals surface area contributed by atoms with Gasteiger partial charge in [-0.15, -0.1) is 0 Å². The zero-order chi connectivity index (χ0) is 16.3. The molecule has 5 rings (SSSR count). The van der Waals surface area contributed by atoms with Gasteiger partial charge in [0.1, 0.15) is 17.5 Å². The maximum Gasteiger partial charge on any atom is 0.217 e. The van der Waals surface area contributed by atoms with Gasteiger partial charge in [0.15, 0.2) is 11.9 Å². The van der Waals surface area contributed by atoms with Gasteiger partial charge in [0.05, 0.1) is 7.11 Å². The van der Waals surface area contributed by atoms with Crippen LogP contribution in [0.5, 0.6) is 11.5 Å². The molecule has 1 aromatic carbocycles. The number of methoxy groups -OCH3 is 1. The summed E-state index contributed by atoms with van der Waals surface area (Å²) in [5.74, 6) is 3.58. The van der Waals surface area contributed by atoms with Gasteiger partial charge in [0.25, 0.3) is 0 Å². The summed E-state index contributed by atoms with van der Waals surface area (Å²) in [5.41, 5.74) is 7.05. The average Bonchev–Trinajstić information content (AvgIpc) is 3.26. The number of nitrogens with two attached hydrogens (primary N) is 1. The van der Waals surface area contributed by atoms with Crippen molar-refractivity contribution in [2.24, 2.45) is 21.6 Å². The zero-order valence-corrected chi connectivity index (χ0v) is 13.6. The first kappa shape index (κ1) is 14.1. The third-order valence-corrected chi connectivity index (χ3v) is 5.52. The van der Waals surface area contributed by atoms with Crippen molar-refractivity contribution in [3.05, 3.63) is 23.8 Å². The van der Waals surface area contributed by atoms with E-state index in [9.17, 15) is 0 Å². The zero-order valence-electron chi connectivity index (χ0n) is 13.6. The molecule has 0 amide bonds. The standard InChI is InChI=1S/C17H21N5O2/c1-23-10-2-3-13-11(6-10)14-15(24-13)16(21-17(18)20-14)22-7-9-4-5-19-12(9)8-22/h2-3,6,9,12,14-15,19H,4-5,7-8H2,1H3,(H2,18,20). The largest absolute Gasteiger partial charge is 0.497 e. The van der Waals surface area contributed by atoms with Gasteiger partial charge in [-0.1, -0.05) is 0 Å². The number of hydrogen-bond acceptors (Lipinski definition) is 7. The summed E-state index contributed by atoms with van der Waals surface area (Å²) in [6.07, 6.45) is 1.03. The number of benzene rings is 1. The van der Waals surface area contributed by atoms with Gasteiger partial charge in [-0.2, -0.15) is 4.99 Å². The quantitative estimate of drug-likeness (QED) is 0.785. The lowest BCUT2D eigenvalue weighted by molar-refractivity contribution is 0.251. The van der Waals surface area contributed by atoms with Crippen LogP contribution in [0.4, 0.5) is 0 Å². The Labute approximate surface area is 140 Å². The molecule has 2 saturated heterocycles. The van der Waals surface area contributed by atoms with Crippen LogP contribution in [0, 0.1) is 5.92 Å². The van der Waals surface area contributed by atoms with E-state index >= 15 is 0 Å². The Bertz CT molecular complexity index is 734. The van der Waals surface area contributed by atoms with Crippen LogP contribution in [-0.4, -0.2) is 55.6 Å². The molecule has 24 heavy (non-hydrogen) atoms. The number of likely N-dealkylation sites (tertiary alicyclic amines) is 1. The molecule has 4 aliphatic heterocycles. The predicted molar refractivity (Wildman–Crippen MR) is 90.7 cm³/mol. The second-order valence-corrected chi connectivity index (χ2v) is 6.86. The van der Waals surface area contributed by atoms with Crippen molar-refractivity contribution in [1.29, 1.82) is 0 Å². The topological polar surface area (TPSA) is 84.5 Å². The molecule has 3 N–H and O–H groups in total. The van der Waals surface area contributed by atoms with Gasteiger partial charge in [-0.05, 0) is 37.1 Å². The molecule has 0 aromatic heterocycles. The lowest BCUT2D eigenvalue weighted by atomic mass is 10.0. The first-order valence-corrected chi connectivity index (χ1v) is 8.47. The van der Waals surface area contributed by atoms with E-state index in [0.29, 0.717) is 17.9 Å². The van der Waals surface area contributed by atoms with Crippen molar-refractivity contribution in [3.8, 4) is 11.5 Å². The molecule has 0 radical (unpaired) electrons. The van der Waals surface area contributed by atoms with Crippen molar-refractivity contribution in [1.82, 2.24) is 10.2 Å². The smallest absolute Gasteiger partial charge is 0.217 e. The van der Waals surface area contributed by atoms with Gasteiger partial charge in [0.2, 0.25) is 5.96 Å². The van der Waals surface area contributed by atoms with Crippen LogP contribution in [-0.2, 0) is 0 Å². The van der Waals surface area contributed by atoms with Crippen LogP contribution < -0.4 is 20.5 Å². The Kier molecular flexibility index (Phi) is 3.00. The Balaban J connectivity index is 1.47. The predicted octanol–water partition coefficient (Wildman–Crippen LogP) is 0.518. The molecule has 2 fully saturated rings. The van der Waals surface area contributed by atoms with E-state index < -0.39 is 0 Å². The number of nitrogens with one attached hydrogen (secondary N) is 1. The first-order chi connectivity index (χ1) is 11.7. The Hall–Kier alpha value is -2.28. The van der Waals surface area contributed by atoms with Crippen LogP contribution in [0.1, 0.15) is 18.0 Å². The Morgan fingerprint density at radius 3 is 3.12 bits per heavy atom. The molecule has 4 atom stereocenters. The number of hydrogen-bond donors (Lipinski definition) is 2.